The molecule has 1 atom stereocenters. The number of rotatable bonds is 7. The topological polar surface area (TPSA) is 59.8 Å². The van der Waals surface area contributed by atoms with Gasteiger partial charge in [-0.1, -0.05) is 44.5 Å². The molecule has 0 spiro atoms. The summed E-state index contributed by atoms with van der Waals surface area (Å²) in [5.74, 6) is 0.676. The minimum absolute atomic E-state index is 0.142. The summed E-state index contributed by atoms with van der Waals surface area (Å²) in [6, 6.07) is 14.3. The number of benzene rings is 2. The molecular formula is C24H25NO4. The number of hydrogen-bond donors (Lipinski definition) is 0. The molecule has 0 N–H and O–H groups in total. The van der Waals surface area contributed by atoms with Crippen LogP contribution in [0.1, 0.15) is 60.8 Å². The molecule has 0 aliphatic carbocycles. The normalized spacial score (nSPS) is 15.7. The van der Waals surface area contributed by atoms with Crippen molar-refractivity contribution in [2.45, 2.75) is 39.2 Å². The van der Waals surface area contributed by atoms with Crippen molar-refractivity contribution in [3.8, 4) is 5.75 Å². The molecule has 0 unspecified atom stereocenters. The van der Waals surface area contributed by atoms with E-state index in [1.54, 1.807) is 23.1 Å². The Kier molecular flexibility index (Phi) is 5.38. The molecule has 0 saturated heterocycles. The van der Waals surface area contributed by atoms with Crippen LogP contribution in [0, 0.1) is 0 Å². The van der Waals surface area contributed by atoms with Crippen molar-refractivity contribution in [3.05, 3.63) is 75.6 Å². The second kappa shape index (κ2) is 8.11. The Balaban J connectivity index is 1.84. The highest BCUT2D eigenvalue weighted by molar-refractivity contribution is 5.99. The molecule has 1 aromatic heterocycles. The van der Waals surface area contributed by atoms with Crippen molar-refractivity contribution >= 4 is 16.9 Å². The largest absolute Gasteiger partial charge is 0.494 e. The first kappa shape index (κ1) is 19.2. The first-order valence-electron chi connectivity index (χ1n) is 10.2. The number of fused-ring (bicyclic) bond motifs is 2. The third-order valence-electron chi connectivity index (χ3n) is 5.28. The lowest BCUT2D eigenvalue weighted by Gasteiger charge is -2.25. The fourth-order valence-corrected chi connectivity index (χ4v) is 3.89. The summed E-state index contributed by atoms with van der Waals surface area (Å²) in [5.41, 5.74) is 1.59. The lowest BCUT2D eigenvalue weighted by Crippen LogP contribution is -2.30. The number of unbranched alkanes of at least 4 members (excludes halogenated alkanes) is 1. The molecule has 5 heteroatoms. The Hall–Kier alpha value is -3.08. The van der Waals surface area contributed by atoms with Crippen LogP contribution in [-0.4, -0.2) is 24.0 Å². The Bertz CT molecular complexity index is 1100. The summed E-state index contributed by atoms with van der Waals surface area (Å²) in [6.45, 7) is 5.33. The molecule has 0 radical (unpaired) electrons. The van der Waals surface area contributed by atoms with Gasteiger partial charge in [0.05, 0.1) is 23.6 Å². The van der Waals surface area contributed by atoms with E-state index in [0.29, 0.717) is 29.7 Å². The average molecular weight is 391 g/mol. The molecule has 5 nitrogen and oxygen atoms in total. The highest BCUT2D eigenvalue weighted by atomic mass is 16.5. The van der Waals surface area contributed by atoms with Crippen LogP contribution in [0.2, 0.25) is 0 Å². The number of carbonyl (C=O) groups excluding carboxylic acids is 1. The highest BCUT2D eigenvalue weighted by Gasteiger charge is 2.42. The van der Waals surface area contributed by atoms with Crippen molar-refractivity contribution in [1.82, 2.24) is 4.90 Å². The van der Waals surface area contributed by atoms with Crippen LogP contribution in [0.15, 0.2) is 57.7 Å². The molecule has 150 valence electrons. The van der Waals surface area contributed by atoms with Gasteiger partial charge in [0.15, 0.2) is 5.43 Å². The Morgan fingerprint density at radius 2 is 1.86 bits per heavy atom. The first-order valence-corrected chi connectivity index (χ1v) is 10.2. The number of nitrogens with zero attached hydrogens (tertiary/aromatic N) is 1. The van der Waals surface area contributed by atoms with E-state index < -0.39 is 6.04 Å². The second-order valence-corrected chi connectivity index (χ2v) is 7.35. The molecule has 0 fully saturated rings. The maximum Gasteiger partial charge on any atom is 0.290 e. The zero-order valence-corrected chi connectivity index (χ0v) is 16.8. The van der Waals surface area contributed by atoms with E-state index in [9.17, 15) is 9.59 Å². The van der Waals surface area contributed by atoms with E-state index in [1.165, 1.54) is 0 Å². The molecule has 0 saturated carbocycles. The Morgan fingerprint density at radius 1 is 1.03 bits per heavy atom. The van der Waals surface area contributed by atoms with E-state index >= 15 is 0 Å². The van der Waals surface area contributed by atoms with E-state index in [0.717, 1.165) is 30.6 Å². The fraction of sp³-hybridized carbons (Fsp3) is 0.333. The molecule has 29 heavy (non-hydrogen) atoms. The molecule has 1 aliphatic rings. The van der Waals surface area contributed by atoms with Gasteiger partial charge in [-0.05, 0) is 42.7 Å². The van der Waals surface area contributed by atoms with Gasteiger partial charge >= 0.3 is 0 Å². The summed E-state index contributed by atoms with van der Waals surface area (Å²) < 4.78 is 11.8. The zero-order valence-electron chi connectivity index (χ0n) is 16.8. The van der Waals surface area contributed by atoms with E-state index in [-0.39, 0.29) is 17.1 Å². The SMILES string of the molecule is CCCCOc1cccc([C@H]2c3c(oc4ccccc4c3=O)C(=O)N2CCC)c1. The van der Waals surface area contributed by atoms with Crippen LogP contribution in [-0.2, 0) is 0 Å². The van der Waals surface area contributed by atoms with Gasteiger partial charge < -0.3 is 14.1 Å². The van der Waals surface area contributed by atoms with Crippen molar-refractivity contribution in [3.63, 3.8) is 0 Å². The van der Waals surface area contributed by atoms with Gasteiger partial charge in [0.1, 0.15) is 11.3 Å². The van der Waals surface area contributed by atoms with Gasteiger partial charge in [-0.3, -0.25) is 9.59 Å². The zero-order chi connectivity index (χ0) is 20.4. The maximum absolute atomic E-state index is 13.3. The van der Waals surface area contributed by atoms with Gasteiger partial charge in [0.2, 0.25) is 5.76 Å². The van der Waals surface area contributed by atoms with Crippen LogP contribution in [0.5, 0.6) is 5.75 Å². The summed E-state index contributed by atoms with van der Waals surface area (Å²) in [5, 5.41) is 0.498. The van der Waals surface area contributed by atoms with Gasteiger partial charge in [0, 0.05) is 6.54 Å². The maximum atomic E-state index is 13.3. The first-order chi connectivity index (χ1) is 14.2. The molecule has 2 heterocycles. The lowest BCUT2D eigenvalue weighted by molar-refractivity contribution is 0.0728. The van der Waals surface area contributed by atoms with Crippen LogP contribution < -0.4 is 10.2 Å². The monoisotopic (exact) mass is 391 g/mol. The van der Waals surface area contributed by atoms with E-state index in [4.69, 9.17) is 9.15 Å². The minimum atomic E-state index is -0.465. The molecule has 0 bridgehead atoms. The van der Waals surface area contributed by atoms with Crippen LogP contribution in [0.25, 0.3) is 11.0 Å². The van der Waals surface area contributed by atoms with Crippen molar-refractivity contribution in [1.29, 1.82) is 0 Å². The van der Waals surface area contributed by atoms with Gasteiger partial charge in [-0.2, -0.15) is 0 Å². The minimum Gasteiger partial charge on any atom is -0.494 e. The van der Waals surface area contributed by atoms with Gasteiger partial charge in [0.25, 0.3) is 5.91 Å². The predicted octanol–water partition coefficient (Wildman–Crippen LogP) is 4.93. The average Bonchev–Trinajstić information content (AvgIpc) is 3.01. The number of ether oxygens (including phenoxy) is 1. The number of amides is 1. The molecule has 4 rings (SSSR count). The summed E-state index contributed by atoms with van der Waals surface area (Å²) in [7, 11) is 0. The van der Waals surface area contributed by atoms with E-state index in [2.05, 4.69) is 6.92 Å². The van der Waals surface area contributed by atoms with Gasteiger partial charge in [-0.25, -0.2) is 0 Å². The fourth-order valence-electron chi connectivity index (χ4n) is 3.89. The second-order valence-electron chi connectivity index (χ2n) is 7.35. The van der Waals surface area contributed by atoms with Crippen LogP contribution in [0.4, 0.5) is 0 Å². The third-order valence-corrected chi connectivity index (χ3v) is 5.28. The molecule has 1 amide bonds. The Labute approximate surface area is 169 Å². The molecular weight excluding hydrogens is 366 g/mol. The van der Waals surface area contributed by atoms with Crippen molar-refractivity contribution in [2.75, 3.05) is 13.2 Å². The number of hydrogen-bond acceptors (Lipinski definition) is 4. The smallest absolute Gasteiger partial charge is 0.290 e. The van der Waals surface area contributed by atoms with Crippen LogP contribution in [0.3, 0.4) is 0 Å². The van der Waals surface area contributed by atoms with E-state index in [1.807, 2.05) is 37.3 Å². The molecule has 1 aliphatic heterocycles. The quantitative estimate of drug-likeness (QED) is 0.536. The standard InChI is InChI=1S/C24H25NO4/c1-3-5-14-28-17-10-8-9-16(15-17)21-20-22(26)18-11-6-7-12-19(18)29-23(20)24(27)25(21)13-4-2/h6-12,15,21H,3-5,13-14H2,1-2H3/t21-/m0/s1. The highest BCUT2D eigenvalue weighted by Crippen LogP contribution is 2.39. The Morgan fingerprint density at radius 3 is 2.66 bits per heavy atom. The van der Waals surface area contributed by atoms with Crippen LogP contribution >= 0.6 is 0 Å². The molecule has 2 aromatic carbocycles. The third kappa shape index (κ3) is 3.41. The van der Waals surface area contributed by atoms with Crippen molar-refractivity contribution < 1.29 is 13.9 Å². The van der Waals surface area contributed by atoms with Gasteiger partial charge in [-0.15, -0.1) is 0 Å². The lowest BCUT2D eigenvalue weighted by atomic mass is 9.98. The predicted molar refractivity (Wildman–Crippen MR) is 112 cm³/mol. The molecule has 3 aromatic rings. The number of para-hydroxylation sites is 1. The van der Waals surface area contributed by atoms with Crippen molar-refractivity contribution in [2.24, 2.45) is 0 Å². The number of carbonyl (C=O) groups is 1. The summed E-state index contributed by atoms with van der Waals surface area (Å²) in [4.78, 5) is 28.2. The summed E-state index contributed by atoms with van der Waals surface area (Å²) in [6.07, 6.45) is 2.83. The summed E-state index contributed by atoms with van der Waals surface area (Å²) >= 11 is 0.